The van der Waals surface area contributed by atoms with Gasteiger partial charge in [-0.05, 0) is 24.6 Å². The molecule has 0 bridgehead atoms. The lowest BCUT2D eigenvalue weighted by Crippen LogP contribution is -2.22. The molecule has 1 amide bonds. The van der Waals surface area contributed by atoms with Crippen LogP contribution in [0.2, 0.25) is 0 Å². The van der Waals surface area contributed by atoms with E-state index in [9.17, 15) is 18.0 Å². The zero-order valence-corrected chi connectivity index (χ0v) is 14.8. The van der Waals surface area contributed by atoms with Crippen LogP contribution in [0.25, 0.3) is 0 Å². The molecule has 0 fully saturated rings. The molecule has 0 heterocycles. The van der Waals surface area contributed by atoms with Crippen molar-refractivity contribution < 1.29 is 22.7 Å². The summed E-state index contributed by atoms with van der Waals surface area (Å²) in [5.41, 5.74) is 2.03. The Hall–Kier alpha value is -2.67. The lowest BCUT2D eigenvalue weighted by atomic mass is 10.1. The number of anilines is 1. The quantitative estimate of drug-likeness (QED) is 0.796. The molecule has 0 aliphatic rings. The molecule has 2 rings (SSSR count). The van der Waals surface area contributed by atoms with Crippen molar-refractivity contribution in [2.24, 2.45) is 0 Å². The van der Waals surface area contributed by atoms with Crippen molar-refractivity contribution in [3.63, 3.8) is 0 Å². The maximum Gasteiger partial charge on any atom is 0.310 e. The first-order chi connectivity index (χ1) is 11.8. The minimum absolute atomic E-state index is 0.00864. The number of para-hydroxylation sites is 1. The van der Waals surface area contributed by atoms with Crippen molar-refractivity contribution in [2.75, 3.05) is 18.2 Å². The average Bonchev–Trinajstić information content (AvgIpc) is 2.55. The SMILES string of the molecule is Cc1ccc(CC(=O)OCC(=O)Nc2ccccc2S(C)(=O)=O)cc1. The number of amides is 1. The van der Waals surface area contributed by atoms with E-state index in [1.165, 1.54) is 12.1 Å². The lowest BCUT2D eigenvalue weighted by Gasteiger charge is -2.10. The molecule has 1 N–H and O–H groups in total. The van der Waals surface area contributed by atoms with E-state index in [1.807, 2.05) is 31.2 Å². The van der Waals surface area contributed by atoms with Crippen molar-refractivity contribution in [1.82, 2.24) is 0 Å². The number of sulfone groups is 1. The van der Waals surface area contributed by atoms with Gasteiger partial charge in [0.15, 0.2) is 16.4 Å². The van der Waals surface area contributed by atoms with E-state index in [0.717, 1.165) is 17.4 Å². The number of ether oxygens (including phenoxy) is 1. The number of carbonyl (C=O) groups is 2. The first-order valence-electron chi connectivity index (χ1n) is 7.56. The number of carbonyl (C=O) groups excluding carboxylic acids is 2. The minimum Gasteiger partial charge on any atom is -0.455 e. The minimum atomic E-state index is -3.48. The summed E-state index contributed by atoms with van der Waals surface area (Å²) >= 11 is 0. The summed E-state index contributed by atoms with van der Waals surface area (Å²) in [5, 5.41) is 2.45. The molecule has 0 unspecified atom stereocenters. The summed E-state index contributed by atoms with van der Waals surface area (Å²) in [6.45, 7) is 1.46. The summed E-state index contributed by atoms with van der Waals surface area (Å²) in [6.07, 6.45) is 1.12. The van der Waals surface area contributed by atoms with E-state index in [1.54, 1.807) is 12.1 Å². The van der Waals surface area contributed by atoms with E-state index in [-0.39, 0.29) is 17.0 Å². The van der Waals surface area contributed by atoms with Crippen LogP contribution in [0.5, 0.6) is 0 Å². The highest BCUT2D eigenvalue weighted by Crippen LogP contribution is 2.20. The number of hydrogen-bond donors (Lipinski definition) is 1. The van der Waals surface area contributed by atoms with Crippen LogP contribution in [0.15, 0.2) is 53.4 Å². The Balaban J connectivity index is 1.91. The fraction of sp³-hybridized carbons (Fsp3) is 0.222. The lowest BCUT2D eigenvalue weighted by molar-refractivity contribution is -0.146. The van der Waals surface area contributed by atoms with Crippen molar-refractivity contribution >= 4 is 27.4 Å². The smallest absolute Gasteiger partial charge is 0.310 e. The third-order valence-corrected chi connectivity index (χ3v) is 4.55. The number of nitrogens with one attached hydrogen (secondary N) is 1. The Morgan fingerprint density at radius 3 is 2.32 bits per heavy atom. The van der Waals surface area contributed by atoms with Crippen LogP contribution >= 0.6 is 0 Å². The van der Waals surface area contributed by atoms with Crippen LogP contribution in [0.1, 0.15) is 11.1 Å². The van der Waals surface area contributed by atoms with Gasteiger partial charge in [-0.15, -0.1) is 0 Å². The Kier molecular flexibility index (Phi) is 5.93. The summed E-state index contributed by atoms with van der Waals surface area (Å²) in [5.74, 6) is -1.14. The molecule has 0 radical (unpaired) electrons. The molecule has 2 aromatic carbocycles. The second-order valence-electron chi connectivity index (χ2n) is 5.64. The second-order valence-corrected chi connectivity index (χ2v) is 7.62. The molecule has 0 saturated carbocycles. The average molecular weight is 361 g/mol. The summed E-state index contributed by atoms with van der Waals surface area (Å²) < 4.78 is 28.3. The molecule has 6 nitrogen and oxygen atoms in total. The number of rotatable bonds is 6. The highest BCUT2D eigenvalue weighted by Gasteiger charge is 2.15. The molecule has 132 valence electrons. The van der Waals surface area contributed by atoms with Crippen LogP contribution in [0, 0.1) is 6.92 Å². The molecular weight excluding hydrogens is 342 g/mol. The maximum absolute atomic E-state index is 11.9. The van der Waals surface area contributed by atoms with Crippen molar-refractivity contribution in [1.29, 1.82) is 0 Å². The van der Waals surface area contributed by atoms with Gasteiger partial charge in [0.25, 0.3) is 5.91 Å². The standard InChI is InChI=1S/C18H19NO5S/c1-13-7-9-14(10-8-13)11-18(21)24-12-17(20)19-15-5-3-4-6-16(15)25(2,22)23/h3-10H,11-12H2,1-2H3,(H,19,20). The predicted molar refractivity (Wildman–Crippen MR) is 94.0 cm³/mol. The molecule has 0 saturated heterocycles. The molecule has 2 aromatic rings. The Bertz CT molecular complexity index is 873. The van der Waals surface area contributed by atoms with Gasteiger partial charge in [0.1, 0.15) is 0 Å². The molecule has 0 aromatic heterocycles. The van der Waals surface area contributed by atoms with Gasteiger partial charge in [-0.25, -0.2) is 8.42 Å². The third-order valence-electron chi connectivity index (χ3n) is 3.39. The molecule has 25 heavy (non-hydrogen) atoms. The first-order valence-corrected chi connectivity index (χ1v) is 9.45. The van der Waals surface area contributed by atoms with E-state index in [0.29, 0.717) is 0 Å². The Labute approximate surface area is 146 Å². The fourth-order valence-electron chi connectivity index (χ4n) is 2.15. The van der Waals surface area contributed by atoms with E-state index in [4.69, 9.17) is 4.74 Å². The van der Waals surface area contributed by atoms with Crippen molar-refractivity contribution in [3.8, 4) is 0 Å². The molecule has 0 aliphatic carbocycles. The predicted octanol–water partition coefficient (Wildman–Crippen LogP) is 2.12. The van der Waals surface area contributed by atoms with E-state index >= 15 is 0 Å². The fourth-order valence-corrected chi connectivity index (χ4v) is 2.99. The molecule has 0 atom stereocenters. The topological polar surface area (TPSA) is 89.5 Å². The van der Waals surface area contributed by atoms with Gasteiger partial charge in [-0.1, -0.05) is 42.0 Å². The highest BCUT2D eigenvalue weighted by atomic mass is 32.2. The Morgan fingerprint density at radius 2 is 1.68 bits per heavy atom. The normalized spacial score (nSPS) is 11.0. The zero-order valence-electron chi connectivity index (χ0n) is 14.0. The van der Waals surface area contributed by atoms with E-state index in [2.05, 4.69) is 5.32 Å². The summed E-state index contributed by atoms with van der Waals surface area (Å²) in [7, 11) is -3.48. The number of aryl methyl sites for hydroxylation is 1. The van der Waals surface area contributed by atoms with Gasteiger partial charge in [-0.2, -0.15) is 0 Å². The number of esters is 1. The van der Waals surface area contributed by atoms with Crippen LogP contribution in [0.4, 0.5) is 5.69 Å². The van der Waals surface area contributed by atoms with Gasteiger partial charge in [-0.3, -0.25) is 9.59 Å². The largest absolute Gasteiger partial charge is 0.455 e. The Morgan fingerprint density at radius 1 is 1.04 bits per heavy atom. The summed E-state index contributed by atoms with van der Waals surface area (Å²) in [6, 6.07) is 13.4. The van der Waals surface area contributed by atoms with Crippen LogP contribution in [-0.2, 0) is 30.6 Å². The zero-order chi connectivity index (χ0) is 18.4. The van der Waals surface area contributed by atoms with Gasteiger partial charge in [0, 0.05) is 6.26 Å². The van der Waals surface area contributed by atoms with Gasteiger partial charge in [0.05, 0.1) is 17.0 Å². The van der Waals surface area contributed by atoms with Crippen molar-refractivity contribution in [2.45, 2.75) is 18.2 Å². The third kappa shape index (κ3) is 5.72. The molecular formula is C18H19NO5S. The number of hydrogen-bond acceptors (Lipinski definition) is 5. The highest BCUT2D eigenvalue weighted by molar-refractivity contribution is 7.90. The monoisotopic (exact) mass is 361 g/mol. The van der Waals surface area contributed by atoms with Crippen molar-refractivity contribution in [3.05, 3.63) is 59.7 Å². The van der Waals surface area contributed by atoms with Crippen LogP contribution in [0.3, 0.4) is 0 Å². The number of benzene rings is 2. The maximum atomic E-state index is 11.9. The molecule has 0 aliphatic heterocycles. The van der Waals surface area contributed by atoms with E-state index < -0.39 is 28.3 Å². The van der Waals surface area contributed by atoms with Crippen LogP contribution < -0.4 is 5.32 Å². The van der Waals surface area contributed by atoms with Gasteiger partial charge in [0.2, 0.25) is 0 Å². The van der Waals surface area contributed by atoms with Crippen LogP contribution in [-0.4, -0.2) is 33.2 Å². The van der Waals surface area contributed by atoms with Gasteiger partial charge >= 0.3 is 5.97 Å². The second kappa shape index (κ2) is 7.94. The molecule has 0 spiro atoms. The van der Waals surface area contributed by atoms with Gasteiger partial charge < -0.3 is 10.1 Å². The first kappa shape index (κ1) is 18.7. The summed E-state index contributed by atoms with van der Waals surface area (Å²) in [4.78, 5) is 23.7. The molecule has 7 heteroatoms.